The molecule has 2 fully saturated rings. The number of aliphatic hydroxyl groups is 4. The Morgan fingerprint density at radius 2 is 1.35 bits per heavy atom. The van der Waals surface area contributed by atoms with Crippen LogP contribution in [0, 0.1) is 22.7 Å². The first-order valence-electron chi connectivity index (χ1n) is 24.4. The van der Waals surface area contributed by atoms with E-state index in [1.165, 1.54) is 77.6 Å². The van der Waals surface area contributed by atoms with Crippen molar-refractivity contribution in [2.24, 2.45) is 22.7 Å². The Kier molecular flexibility index (Phi) is 21.1. The highest BCUT2D eigenvalue weighted by Crippen LogP contribution is 2.63. The molecular formula is C50H82O13. The molecule has 1 saturated heterocycles. The number of carbonyl (C=O) groups is 4. The SMILES string of the molecule is CCCCCCCCCCCCCCCCCC(=O)O[C@@H]1C/C(C)=C/COC(=O)C[C@@](C)(O)CC(=O)OC[C@H]2O[C@@H](OC(=O)C3=CCC[C@@H]4[C@]1(C)[C@H](C)CC[C@@]34C)[C@H](O)[C@@H](O)[C@@H]2O. The highest BCUT2D eigenvalue weighted by atomic mass is 16.7. The zero-order chi connectivity index (χ0) is 46.2. The number of esters is 4. The topological polar surface area (TPSA) is 195 Å². The third-order valence-corrected chi connectivity index (χ3v) is 14.8. The van der Waals surface area contributed by atoms with Crippen molar-refractivity contribution in [1.29, 1.82) is 0 Å². The molecule has 13 nitrogen and oxygen atoms in total. The Morgan fingerprint density at radius 3 is 1.95 bits per heavy atom. The average Bonchev–Trinajstić information content (AvgIpc) is 3.22. The van der Waals surface area contributed by atoms with Gasteiger partial charge in [0.1, 0.15) is 43.7 Å². The summed E-state index contributed by atoms with van der Waals surface area (Å²) in [6.45, 7) is 11.1. The number of unbranched alkanes of at least 4 members (excludes halogenated alkanes) is 14. The van der Waals surface area contributed by atoms with Crippen molar-refractivity contribution in [2.75, 3.05) is 13.2 Å². The van der Waals surface area contributed by atoms with Crippen LogP contribution in [0.3, 0.4) is 0 Å². The van der Waals surface area contributed by atoms with E-state index in [-0.39, 0.29) is 24.4 Å². The van der Waals surface area contributed by atoms with Crippen molar-refractivity contribution in [1.82, 2.24) is 0 Å². The Bertz CT molecular complexity index is 1540. The highest BCUT2D eigenvalue weighted by molar-refractivity contribution is 5.90. The molecule has 2 heterocycles. The van der Waals surface area contributed by atoms with Gasteiger partial charge in [-0.05, 0) is 63.9 Å². The third-order valence-electron chi connectivity index (χ3n) is 14.8. The molecule has 2 aliphatic carbocycles. The first-order valence-corrected chi connectivity index (χ1v) is 24.4. The molecule has 0 aromatic carbocycles. The zero-order valence-corrected chi connectivity index (χ0v) is 39.4. The summed E-state index contributed by atoms with van der Waals surface area (Å²) < 4.78 is 28.8. The lowest BCUT2D eigenvalue weighted by Crippen LogP contribution is -2.60. The van der Waals surface area contributed by atoms with Gasteiger partial charge in [-0.15, -0.1) is 0 Å². The van der Waals surface area contributed by atoms with Crippen molar-refractivity contribution in [3.63, 3.8) is 0 Å². The maximum Gasteiger partial charge on any atom is 0.336 e. The second-order valence-corrected chi connectivity index (χ2v) is 20.0. The first kappa shape index (κ1) is 52.8. The largest absolute Gasteiger partial charge is 0.463 e. The highest BCUT2D eigenvalue weighted by Gasteiger charge is 2.60. The second kappa shape index (κ2) is 25.2. The van der Waals surface area contributed by atoms with Crippen molar-refractivity contribution >= 4 is 23.9 Å². The van der Waals surface area contributed by atoms with Crippen LogP contribution in [0.4, 0.5) is 0 Å². The van der Waals surface area contributed by atoms with Gasteiger partial charge >= 0.3 is 23.9 Å². The molecular weight excluding hydrogens is 809 g/mol. The maximum atomic E-state index is 14.2. The van der Waals surface area contributed by atoms with Crippen LogP contribution >= 0.6 is 0 Å². The molecule has 0 aromatic heterocycles. The number of cyclic esters (lactones) is 2. The van der Waals surface area contributed by atoms with Crippen molar-refractivity contribution in [3.8, 4) is 0 Å². The van der Waals surface area contributed by atoms with Crippen molar-refractivity contribution in [3.05, 3.63) is 23.3 Å². The molecule has 2 aliphatic heterocycles. The van der Waals surface area contributed by atoms with Gasteiger partial charge in [0, 0.05) is 29.2 Å². The smallest absolute Gasteiger partial charge is 0.336 e. The van der Waals surface area contributed by atoms with Gasteiger partial charge in [0.25, 0.3) is 0 Å². The summed E-state index contributed by atoms with van der Waals surface area (Å²) in [4.78, 5) is 53.6. The minimum absolute atomic E-state index is 0.0939. The van der Waals surface area contributed by atoms with E-state index < -0.39 is 90.6 Å². The minimum atomic E-state index is -1.83. The van der Waals surface area contributed by atoms with E-state index in [0.29, 0.717) is 31.3 Å². The summed E-state index contributed by atoms with van der Waals surface area (Å²) in [5, 5.41) is 43.2. The lowest BCUT2D eigenvalue weighted by molar-refractivity contribution is -0.292. The lowest BCUT2D eigenvalue weighted by atomic mass is 9.46. The van der Waals surface area contributed by atoms with Crippen LogP contribution in [0.25, 0.3) is 0 Å². The summed E-state index contributed by atoms with van der Waals surface area (Å²) >= 11 is 0. The number of hydrogen-bond acceptors (Lipinski definition) is 13. The van der Waals surface area contributed by atoms with Crippen LogP contribution in [-0.4, -0.2) is 99.9 Å². The molecule has 0 amide bonds. The Labute approximate surface area is 377 Å². The molecule has 6 bridgehead atoms. The van der Waals surface area contributed by atoms with E-state index in [2.05, 4.69) is 20.8 Å². The van der Waals surface area contributed by atoms with E-state index in [9.17, 15) is 39.6 Å². The number of hydrogen-bond donors (Lipinski definition) is 4. The van der Waals surface area contributed by atoms with Gasteiger partial charge in [-0.25, -0.2) is 4.79 Å². The number of allylic oxidation sites excluding steroid dienone is 1. The lowest BCUT2D eigenvalue weighted by Gasteiger charge is -2.59. The fraction of sp³-hybridized carbons (Fsp3) is 0.840. The molecule has 13 heteroatoms. The molecule has 4 aliphatic rings. The fourth-order valence-corrected chi connectivity index (χ4v) is 10.7. The van der Waals surface area contributed by atoms with Gasteiger partial charge < -0.3 is 44.1 Å². The van der Waals surface area contributed by atoms with E-state index in [4.69, 9.17) is 23.7 Å². The molecule has 0 spiro atoms. The van der Waals surface area contributed by atoms with E-state index in [0.717, 1.165) is 44.1 Å². The van der Waals surface area contributed by atoms with Crippen LogP contribution < -0.4 is 0 Å². The number of rotatable bonds is 17. The minimum Gasteiger partial charge on any atom is -0.463 e. The van der Waals surface area contributed by atoms with Crippen LogP contribution in [-0.2, 0) is 42.9 Å². The molecule has 1 saturated carbocycles. The van der Waals surface area contributed by atoms with Gasteiger partial charge in [0.05, 0.1) is 18.4 Å². The van der Waals surface area contributed by atoms with Gasteiger partial charge in [-0.3, -0.25) is 14.4 Å². The van der Waals surface area contributed by atoms with Crippen molar-refractivity contribution < 1.29 is 63.3 Å². The van der Waals surface area contributed by atoms with Gasteiger partial charge in [-0.1, -0.05) is 129 Å². The van der Waals surface area contributed by atoms with E-state index in [1.807, 2.05) is 19.9 Å². The number of ether oxygens (including phenoxy) is 5. The third kappa shape index (κ3) is 15.1. The predicted octanol–water partition coefficient (Wildman–Crippen LogP) is 8.26. The van der Waals surface area contributed by atoms with Crippen LogP contribution in [0.1, 0.15) is 189 Å². The monoisotopic (exact) mass is 891 g/mol. The summed E-state index contributed by atoms with van der Waals surface area (Å²) in [6.07, 6.45) is 15.3. The van der Waals surface area contributed by atoms with E-state index >= 15 is 0 Å². The Hall–Kier alpha value is -2.84. The van der Waals surface area contributed by atoms with Crippen LogP contribution in [0.5, 0.6) is 0 Å². The first-order chi connectivity index (χ1) is 29.9. The fourth-order valence-electron chi connectivity index (χ4n) is 10.7. The molecule has 63 heavy (non-hydrogen) atoms. The molecule has 4 rings (SSSR count). The number of aliphatic hydroxyl groups excluding tert-OH is 3. The summed E-state index contributed by atoms with van der Waals surface area (Å²) in [6, 6.07) is 0. The summed E-state index contributed by atoms with van der Waals surface area (Å²) in [5.41, 5.74) is -1.91. The number of fused-ring (bicyclic) bond motifs is 2. The predicted molar refractivity (Wildman–Crippen MR) is 238 cm³/mol. The normalized spacial score (nSPS) is 35.7. The van der Waals surface area contributed by atoms with Crippen LogP contribution in [0.15, 0.2) is 23.3 Å². The standard InChI is InChI=1S/C50H82O13/c1-7-8-9-10-11-12-13-14-15-16-17-18-19-20-21-25-40(51)62-39-30-34(2)27-29-59-41(52)31-48(4,58)32-42(53)60-33-37-43(54)44(55)45(56)47(61-37)63-46(57)36-23-22-24-38-49(36,5)28-26-35(3)50(38,39)6/h23,27,35,37-39,43-45,47,54-56,58H,7-22,24-26,28-33H2,1-6H3/b34-27+/t35-,37-,38+,39-,43-,44+,45-,47+,48-,49+,50+/m1/s1. The van der Waals surface area contributed by atoms with Gasteiger partial charge in [0.15, 0.2) is 0 Å². The Morgan fingerprint density at radius 1 is 0.778 bits per heavy atom. The molecule has 0 aromatic rings. The van der Waals surface area contributed by atoms with Crippen molar-refractivity contribution in [2.45, 2.75) is 232 Å². The number of carbonyl (C=O) groups excluding carboxylic acids is 4. The molecule has 0 radical (unpaired) electrons. The average molecular weight is 891 g/mol. The Balaban J connectivity index is 1.48. The maximum absolute atomic E-state index is 14.2. The molecule has 0 unspecified atom stereocenters. The summed E-state index contributed by atoms with van der Waals surface area (Å²) in [5.74, 6) is -2.69. The zero-order valence-electron chi connectivity index (χ0n) is 39.4. The molecule has 360 valence electrons. The quantitative estimate of drug-likeness (QED) is 0.0472. The summed E-state index contributed by atoms with van der Waals surface area (Å²) in [7, 11) is 0. The van der Waals surface area contributed by atoms with E-state index in [1.54, 1.807) is 6.08 Å². The molecule has 11 atom stereocenters. The van der Waals surface area contributed by atoms with Gasteiger partial charge in [0.2, 0.25) is 6.29 Å². The second-order valence-electron chi connectivity index (χ2n) is 20.0. The molecule has 4 N–H and O–H groups in total. The van der Waals surface area contributed by atoms with Crippen LogP contribution in [0.2, 0.25) is 0 Å². The van der Waals surface area contributed by atoms with Gasteiger partial charge in [-0.2, -0.15) is 0 Å².